The van der Waals surface area contributed by atoms with Gasteiger partial charge in [-0.3, -0.25) is 4.90 Å². The van der Waals surface area contributed by atoms with E-state index in [2.05, 4.69) is 22.6 Å². The van der Waals surface area contributed by atoms with Gasteiger partial charge in [0, 0.05) is 12.6 Å². The van der Waals surface area contributed by atoms with Gasteiger partial charge in [-0.25, -0.2) is 13.1 Å². The van der Waals surface area contributed by atoms with E-state index in [-0.39, 0.29) is 0 Å². The standard InChI is InChI=1S/C17H28N2O2S/c1-6-19-9-7-8-16(19)11-18-22(20,21)17-14(4)12(2)10-13(3)15(17)5/h10,16,18H,6-9,11H2,1-5H3. The lowest BCUT2D eigenvalue weighted by molar-refractivity contribution is 0.268. The molecule has 0 aliphatic carbocycles. The van der Waals surface area contributed by atoms with Crippen LogP contribution in [0.1, 0.15) is 42.0 Å². The molecular formula is C17H28N2O2S. The van der Waals surface area contributed by atoms with Crippen molar-refractivity contribution in [3.05, 3.63) is 28.3 Å². The first-order valence-corrected chi connectivity index (χ1v) is 9.57. The third-order valence-corrected chi connectivity index (χ3v) is 6.68. The second kappa shape index (κ2) is 6.69. The molecular weight excluding hydrogens is 296 g/mol. The fraction of sp³-hybridized carbons (Fsp3) is 0.647. The van der Waals surface area contributed by atoms with Crippen molar-refractivity contribution >= 4 is 10.0 Å². The Morgan fingerprint density at radius 2 is 1.77 bits per heavy atom. The van der Waals surface area contributed by atoms with Gasteiger partial charge in [-0.05, 0) is 75.9 Å². The van der Waals surface area contributed by atoms with E-state index in [0.29, 0.717) is 17.5 Å². The molecule has 0 radical (unpaired) electrons. The zero-order valence-corrected chi connectivity index (χ0v) is 15.2. The van der Waals surface area contributed by atoms with E-state index < -0.39 is 10.0 Å². The van der Waals surface area contributed by atoms with E-state index in [1.54, 1.807) is 0 Å². The molecule has 4 nitrogen and oxygen atoms in total. The smallest absolute Gasteiger partial charge is 0.241 e. The minimum absolute atomic E-state index is 0.325. The number of hydrogen-bond acceptors (Lipinski definition) is 3. The summed E-state index contributed by atoms with van der Waals surface area (Å²) in [7, 11) is -3.46. The topological polar surface area (TPSA) is 49.4 Å². The molecule has 0 bridgehead atoms. The predicted octanol–water partition coefficient (Wildman–Crippen LogP) is 2.68. The fourth-order valence-electron chi connectivity index (χ4n) is 3.40. The summed E-state index contributed by atoms with van der Waals surface area (Å²) in [5.74, 6) is 0. The van der Waals surface area contributed by atoms with Gasteiger partial charge in [-0.15, -0.1) is 0 Å². The number of aryl methyl sites for hydroxylation is 2. The molecule has 1 saturated heterocycles. The molecule has 124 valence electrons. The summed E-state index contributed by atoms with van der Waals surface area (Å²) in [5.41, 5.74) is 3.77. The Balaban J connectivity index is 2.24. The Morgan fingerprint density at radius 1 is 1.18 bits per heavy atom. The molecule has 2 rings (SSSR count). The average Bonchev–Trinajstić information content (AvgIpc) is 2.90. The van der Waals surface area contributed by atoms with E-state index >= 15 is 0 Å². The van der Waals surface area contributed by atoms with Crippen molar-refractivity contribution in [2.45, 2.75) is 58.4 Å². The molecule has 0 amide bonds. The van der Waals surface area contributed by atoms with Crippen LogP contribution in [0.4, 0.5) is 0 Å². The SMILES string of the molecule is CCN1CCCC1CNS(=O)(=O)c1c(C)c(C)cc(C)c1C. The molecule has 1 unspecified atom stereocenters. The van der Waals surface area contributed by atoms with E-state index in [1.807, 2.05) is 27.7 Å². The highest BCUT2D eigenvalue weighted by molar-refractivity contribution is 7.89. The van der Waals surface area contributed by atoms with Gasteiger partial charge in [0.1, 0.15) is 0 Å². The van der Waals surface area contributed by atoms with Crippen LogP contribution in [0.25, 0.3) is 0 Å². The highest BCUT2D eigenvalue weighted by Gasteiger charge is 2.27. The number of likely N-dealkylation sites (N-methyl/N-ethyl adjacent to an activating group) is 1. The summed E-state index contributed by atoms with van der Waals surface area (Å²) >= 11 is 0. The van der Waals surface area contributed by atoms with Crippen molar-refractivity contribution in [1.82, 2.24) is 9.62 Å². The summed E-state index contributed by atoms with van der Waals surface area (Å²) < 4.78 is 28.4. The predicted molar refractivity (Wildman–Crippen MR) is 90.8 cm³/mol. The van der Waals surface area contributed by atoms with Gasteiger partial charge in [-0.1, -0.05) is 13.0 Å². The Bertz CT molecular complexity index is 627. The molecule has 1 aromatic carbocycles. The van der Waals surface area contributed by atoms with Crippen LogP contribution in [-0.4, -0.2) is 39.0 Å². The van der Waals surface area contributed by atoms with Crippen LogP contribution in [0.3, 0.4) is 0 Å². The van der Waals surface area contributed by atoms with E-state index in [0.717, 1.165) is 48.2 Å². The zero-order valence-electron chi connectivity index (χ0n) is 14.4. The average molecular weight is 324 g/mol. The molecule has 1 atom stereocenters. The Hall–Kier alpha value is -0.910. The maximum atomic E-state index is 12.8. The molecule has 22 heavy (non-hydrogen) atoms. The molecule has 1 fully saturated rings. The summed E-state index contributed by atoms with van der Waals surface area (Å²) in [4.78, 5) is 2.81. The van der Waals surface area contributed by atoms with Crippen molar-refractivity contribution in [2.24, 2.45) is 0 Å². The summed E-state index contributed by atoms with van der Waals surface area (Å²) in [6.07, 6.45) is 2.23. The highest BCUT2D eigenvalue weighted by Crippen LogP contribution is 2.26. The van der Waals surface area contributed by atoms with Crippen LogP contribution in [0, 0.1) is 27.7 Å². The second-order valence-electron chi connectivity index (χ2n) is 6.37. The molecule has 5 heteroatoms. The van der Waals surface area contributed by atoms with Gasteiger partial charge in [0.15, 0.2) is 0 Å². The highest BCUT2D eigenvalue weighted by atomic mass is 32.2. The maximum Gasteiger partial charge on any atom is 0.241 e. The third-order valence-electron chi connectivity index (χ3n) is 4.98. The third kappa shape index (κ3) is 3.36. The first-order valence-electron chi connectivity index (χ1n) is 8.09. The Labute approximate surface area is 135 Å². The van der Waals surface area contributed by atoms with Gasteiger partial charge in [0.25, 0.3) is 0 Å². The molecule has 0 saturated carbocycles. The lowest BCUT2D eigenvalue weighted by atomic mass is 10.0. The molecule has 1 aromatic rings. The lowest BCUT2D eigenvalue weighted by Crippen LogP contribution is -2.40. The van der Waals surface area contributed by atoms with Gasteiger partial charge in [0.05, 0.1) is 4.90 Å². The van der Waals surface area contributed by atoms with Crippen LogP contribution in [0.15, 0.2) is 11.0 Å². The molecule has 1 N–H and O–H groups in total. The van der Waals surface area contributed by atoms with Crippen LogP contribution >= 0.6 is 0 Å². The van der Waals surface area contributed by atoms with Gasteiger partial charge in [-0.2, -0.15) is 0 Å². The number of hydrogen-bond donors (Lipinski definition) is 1. The first-order chi connectivity index (χ1) is 10.3. The number of sulfonamides is 1. The van der Waals surface area contributed by atoms with Crippen molar-refractivity contribution in [3.63, 3.8) is 0 Å². The van der Waals surface area contributed by atoms with Crippen molar-refractivity contribution < 1.29 is 8.42 Å². The molecule has 0 spiro atoms. The summed E-state index contributed by atoms with van der Waals surface area (Å²) in [6, 6.07) is 2.38. The van der Waals surface area contributed by atoms with Crippen LogP contribution in [0.2, 0.25) is 0 Å². The lowest BCUT2D eigenvalue weighted by Gasteiger charge is -2.23. The molecule has 1 heterocycles. The largest absolute Gasteiger partial charge is 0.299 e. The van der Waals surface area contributed by atoms with Crippen molar-refractivity contribution in [1.29, 1.82) is 0 Å². The molecule has 1 aliphatic rings. The van der Waals surface area contributed by atoms with Crippen molar-refractivity contribution in [3.8, 4) is 0 Å². The number of benzene rings is 1. The minimum atomic E-state index is -3.46. The summed E-state index contributed by atoms with van der Waals surface area (Å²) in [5, 5.41) is 0. The van der Waals surface area contributed by atoms with Gasteiger partial charge in [0.2, 0.25) is 10.0 Å². The Morgan fingerprint density at radius 3 is 2.32 bits per heavy atom. The molecule has 0 aromatic heterocycles. The van der Waals surface area contributed by atoms with Crippen molar-refractivity contribution in [2.75, 3.05) is 19.6 Å². The van der Waals surface area contributed by atoms with Crippen LogP contribution in [-0.2, 0) is 10.0 Å². The fourth-order valence-corrected chi connectivity index (χ4v) is 5.09. The normalized spacial score (nSPS) is 19.8. The zero-order chi connectivity index (χ0) is 16.5. The number of nitrogens with zero attached hydrogens (tertiary/aromatic N) is 1. The molecule has 1 aliphatic heterocycles. The van der Waals surface area contributed by atoms with Crippen LogP contribution in [0.5, 0.6) is 0 Å². The Kier molecular flexibility index (Phi) is 5.30. The van der Waals surface area contributed by atoms with E-state index in [1.165, 1.54) is 0 Å². The number of likely N-dealkylation sites (tertiary alicyclic amines) is 1. The van der Waals surface area contributed by atoms with E-state index in [4.69, 9.17) is 0 Å². The van der Waals surface area contributed by atoms with Crippen LogP contribution < -0.4 is 4.72 Å². The second-order valence-corrected chi connectivity index (χ2v) is 8.07. The number of rotatable bonds is 5. The van der Waals surface area contributed by atoms with Gasteiger partial charge < -0.3 is 0 Å². The van der Waals surface area contributed by atoms with Gasteiger partial charge >= 0.3 is 0 Å². The quantitative estimate of drug-likeness (QED) is 0.906. The minimum Gasteiger partial charge on any atom is -0.299 e. The monoisotopic (exact) mass is 324 g/mol. The maximum absolute atomic E-state index is 12.8. The van der Waals surface area contributed by atoms with E-state index in [9.17, 15) is 8.42 Å². The number of nitrogens with one attached hydrogen (secondary N) is 1. The first kappa shape index (κ1) is 17.4. The summed E-state index contributed by atoms with van der Waals surface area (Å²) in [6.45, 7) is 12.4.